The molecule has 7 heteroatoms. The summed E-state index contributed by atoms with van der Waals surface area (Å²) in [6.07, 6.45) is 2.72. The molecule has 0 aliphatic heterocycles. The highest BCUT2D eigenvalue weighted by Crippen LogP contribution is 2.34. The van der Waals surface area contributed by atoms with Crippen LogP contribution >= 0.6 is 13.5 Å². The molecule has 2 aromatic rings. The first kappa shape index (κ1) is 15.7. The minimum atomic E-state index is -0.205. The average molecular weight is 283 g/mol. The van der Waals surface area contributed by atoms with E-state index in [0.29, 0.717) is 5.82 Å². The second-order valence-electron chi connectivity index (χ2n) is 4.27. The van der Waals surface area contributed by atoms with E-state index in [1.165, 1.54) is 6.33 Å². The number of aryl methyl sites for hydroxylation is 1. The highest BCUT2D eigenvalue weighted by molar-refractivity contribution is 7.59. The third-order valence-corrected chi connectivity index (χ3v) is 3.13. The first-order valence-electron chi connectivity index (χ1n) is 6.30. The van der Waals surface area contributed by atoms with Gasteiger partial charge in [0, 0.05) is 0 Å². The second kappa shape index (κ2) is 6.21. The van der Waals surface area contributed by atoms with Gasteiger partial charge in [0.05, 0.1) is 23.2 Å². The van der Waals surface area contributed by atoms with Gasteiger partial charge in [-0.2, -0.15) is 18.6 Å². The molecule has 1 fully saturated rings. The van der Waals surface area contributed by atoms with E-state index in [1.807, 2.05) is 25.5 Å². The summed E-state index contributed by atoms with van der Waals surface area (Å²) in [7, 11) is 0. The van der Waals surface area contributed by atoms with Gasteiger partial charge in [-0.25, -0.2) is 14.6 Å². The normalized spacial score (nSPS) is 21.1. The number of fused-ring (bicyclic) bond motifs is 1. The van der Waals surface area contributed by atoms with Gasteiger partial charge < -0.3 is 10.8 Å². The minimum Gasteiger partial charge on any atom is -0.393 e. The van der Waals surface area contributed by atoms with Crippen LogP contribution in [0.15, 0.2) is 6.33 Å². The van der Waals surface area contributed by atoms with Gasteiger partial charge in [0.25, 0.3) is 0 Å². The number of hydrogen-bond acceptors (Lipinski definition) is 5. The van der Waals surface area contributed by atoms with Crippen LogP contribution in [0.2, 0.25) is 0 Å². The Bertz CT molecular complexity index is 550. The molecule has 3 N–H and O–H groups in total. The lowest BCUT2D eigenvalue weighted by Crippen LogP contribution is -2.31. The molecule has 0 bridgehead atoms. The summed E-state index contributed by atoms with van der Waals surface area (Å²) < 4.78 is 1.86. The summed E-state index contributed by atoms with van der Waals surface area (Å²) in [5, 5.41) is 14.6. The zero-order valence-electron chi connectivity index (χ0n) is 11.5. The Kier molecular flexibility index (Phi) is 5.13. The maximum absolute atomic E-state index is 9.31. The molecule has 106 valence electrons. The molecule has 0 spiro atoms. The SMILES string of the molecule is CC.Cc1nn(C2CC(O)C2)c2ncnc(N)c12.S. The van der Waals surface area contributed by atoms with Crippen LogP contribution in [-0.4, -0.2) is 31.0 Å². The zero-order chi connectivity index (χ0) is 13.3. The van der Waals surface area contributed by atoms with Crippen molar-refractivity contribution in [1.82, 2.24) is 19.7 Å². The van der Waals surface area contributed by atoms with Crippen molar-refractivity contribution in [2.75, 3.05) is 5.73 Å². The molecular weight excluding hydrogens is 262 g/mol. The predicted molar refractivity (Wildman–Crippen MR) is 80.5 cm³/mol. The summed E-state index contributed by atoms with van der Waals surface area (Å²) in [6.45, 7) is 5.90. The van der Waals surface area contributed by atoms with Gasteiger partial charge in [0.1, 0.15) is 12.1 Å². The summed E-state index contributed by atoms with van der Waals surface area (Å²) in [4.78, 5) is 8.18. The maximum atomic E-state index is 9.31. The van der Waals surface area contributed by atoms with Gasteiger partial charge in [-0.05, 0) is 19.8 Å². The molecule has 6 nitrogen and oxygen atoms in total. The molecule has 0 atom stereocenters. The van der Waals surface area contributed by atoms with Gasteiger partial charge in [0.2, 0.25) is 0 Å². The number of nitrogens with two attached hydrogens (primary N) is 1. The summed E-state index contributed by atoms with van der Waals surface area (Å²) in [6, 6.07) is 0.237. The zero-order valence-corrected chi connectivity index (χ0v) is 12.5. The fourth-order valence-corrected chi connectivity index (χ4v) is 2.18. The summed E-state index contributed by atoms with van der Waals surface area (Å²) >= 11 is 0. The van der Waals surface area contributed by atoms with Crippen LogP contribution in [0, 0.1) is 6.92 Å². The van der Waals surface area contributed by atoms with Crippen molar-refractivity contribution in [1.29, 1.82) is 0 Å². The molecule has 0 radical (unpaired) electrons. The lowest BCUT2D eigenvalue weighted by Gasteiger charge is -2.31. The molecule has 2 heterocycles. The van der Waals surface area contributed by atoms with Crippen LogP contribution in [0.25, 0.3) is 11.0 Å². The molecule has 19 heavy (non-hydrogen) atoms. The van der Waals surface area contributed by atoms with Gasteiger partial charge in [0.15, 0.2) is 5.65 Å². The van der Waals surface area contributed by atoms with E-state index < -0.39 is 0 Å². The molecule has 0 aromatic carbocycles. The Hall–Kier alpha value is -1.34. The van der Waals surface area contributed by atoms with E-state index in [9.17, 15) is 5.11 Å². The number of anilines is 1. The van der Waals surface area contributed by atoms with E-state index in [1.54, 1.807) is 0 Å². The number of rotatable bonds is 1. The number of nitrogen functional groups attached to an aromatic ring is 1. The van der Waals surface area contributed by atoms with E-state index >= 15 is 0 Å². The third-order valence-electron chi connectivity index (χ3n) is 3.13. The van der Waals surface area contributed by atoms with Gasteiger partial charge in [-0.15, -0.1) is 0 Å². The number of nitrogens with zero attached hydrogens (tertiary/aromatic N) is 4. The first-order chi connectivity index (χ1) is 8.66. The van der Waals surface area contributed by atoms with Gasteiger partial charge in [-0.3, -0.25) is 0 Å². The fraction of sp³-hybridized carbons (Fsp3) is 0.583. The molecule has 1 saturated carbocycles. The van der Waals surface area contributed by atoms with Crippen LogP contribution in [0.4, 0.5) is 5.82 Å². The maximum Gasteiger partial charge on any atom is 0.163 e. The Morgan fingerprint density at radius 2 is 1.95 bits per heavy atom. The largest absolute Gasteiger partial charge is 0.393 e. The van der Waals surface area contributed by atoms with E-state index in [-0.39, 0.29) is 25.6 Å². The lowest BCUT2D eigenvalue weighted by atomic mass is 9.90. The van der Waals surface area contributed by atoms with Crippen LogP contribution < -0.4 is 5.73 Å². The molecule has 1 aliphatic carbocycles. The average Bonchev–Trinajstić information content (AvgIpc) is 2.67. The monoisotopic (exact) mass is 283 g/mol. The minimum absolute atomic E-state index is 0. The molecular formula is C12H21N5OS. The number of aromatic nitrogens is 4. The highest BCUT2D eigenvalue weighted by atomic mass is 32.1. The second-order valence-corrected chi connectivity index (χ2v) is 4.27. The smallest absolute Gasteiger partial charge is 0.163 e. The van der Waals surface area contributed by atoms with Crippen molar-refractivity contribution in [2.24, 2.45) is 0 Å². The number of aliphatic hydroxyl groups is 1. The van der Waals surface area contributed by atoms with Crippen LogP contribution in [0.1, 0.15) is 38.4 Å². The van der Waals surface area contributed by atoms with Crippen molar-refractivity contribution >= 4 is 30.3 Å². The topological polar surface area (TPSA) is 89.8 Å². The molecule has 1 aliphatic rings. The number of hydrogen-bond donors (Lipinski definition) is 2. The summed E-state index contributed by atoms with van der Waals surface area (Å²) in [5.74, 6) is 0.466. The lowest BCUT2D eigenvalue weighted by molar-refractivity contribution is 0.0449. The van der Waals surface area contributed by atoms with E-state index in [4.69, 9.17) is 5.73 Å². The Morgan fingerprint density at radius 1 is 1.32 bits per heavy atom. The predicted octanol–water partition coefficient (Wildman–Crippen LogP) is 1.55. The van der Waals surface area contributed by atoms with Crippen molar-refractivity contribution in [2.45, 2.75) is 45.8 Å². The van der Waals surface area contributed by atoms with E-state index in [0.717, 1.165) is 29.6 Å². The Morgan fingerprint density at radius 3 is 2.53 bits per heavy atom. The number of aliphatic hydroxyl groups excluding tert-OH is 1. The summed E-state index contributed by atoms with van der Waals surface area (Å²) in [5.41, 5.74) is 7.41. The Balaban J connectivity index is 0.000000576. The van der Waals surface area contributed by atoms with E-state index in [2.05, 4.69) is 15.1 Å². The molecule has 2 aromatic heterocycles. The quantitative estimate of drug-likeness (QED) is 0.828. The van der Waals surface area contributed by atoms with Crippen molar-refractivity contribution in [3.8, 4) is 0 Å². The van der Waals surface area contributed by atoms with Crippen LogP contribution in [-0.2, 0) is 0 Å². The Labute approximate surface area is 119 Å². The highest BCUT2D eigenvalue weighted by Gasteiger charge is 2.31. The van der Waals surface area contributed by atoms with Crippen molar-refractivity contribution in [3.05, 3.63) is 12.0 Å². The first-order valence-corrected chi connectivity index (χ1v) is 6.30. The third kappa shape index (κ3) is 2.66. The van der Waals surface area contributed by atoms with Gasteiger partial charge >= 0.3 is 0 Å². The fourth-order valence-electron chi connectivity index (χ4n) is 2.18. The van der Waals surface area contributed by atoms with Crippen LogP contribution in [0.5, 0.6) is 0 Å². The molecule has 3 rings (SSSR count). The standard InChI is InChI=1S/C10H13N5O.C2H6.H2S/c1-5-8-9(11)12-4-13-10(8)15(14-5)6-2-7(16)3-6;1-2;/h4,6-7,16H,2-3H2,1H3,(H2,11,12,13);1-2H3;1H2. The van der Waals surface area contributed by atoms with Gasteiger partial charge in [-0.1, -0.05) is 13.8 Å². The van der Waals surface area contributed by atoms with Crippen molar-refractivity contribution in [3.63, 3.8) is 0 Å². The molecule has 0 amide bonds. The molecule has 0 unspecified atom stereocenters. The molecule has 0 saturated heterocycles. The van der Waals surface area contributed by atoms with Crippen LogP contribution in [0.3, 0.4) is 0 Å². The van der Waals surface area contributed by atoms with Crippen molar-refractivity contribution < 1.29 is 5.11 Å².